The smallest absolute Gasteiger partial charge is 0.417 e. The summed E-state index contributed by atoms with van der Waals surface area (Å²) < 4.78 is 15.1. The van der Waals surface area contributed by atoms with Crippen LogP contribution in [0, 0.1) is 6.92 Å². The van der Waals surface area contributed by atoms with Gasteiger partial charge in [-0.15, -0.1) is 0 Å². The minimum absolute atomic E-state index is 0.361. The van der Waals surface area contributed by atoms with Crippen molar-refractivity contribution < 1.29 is 14.3 Å². The number of nitrogens with zero attached hydrogens (tertiary/aromatic N) is 8. The standard InChI is InChI=1S/C23H27N9O3/c1-14-9-17-25-13-26-31(17)11-16(14)27-19-24-10-15-18(29-19)32-20(28-15)30(21(33)35-22(2,3)4)12-23(32)5-7-34-8-6-23/h9-11,13H,5-8,12H2,1-4H3,(H,24,27,29). The number of hydrogen-bond donors (Lipinski definition) is 1. The van der Waals surface area contributed by atoms with E-state index in [1.807, 2.05) is 40.0 Å². The fraction of sp³-hybridized carbons (Fsp3) is 0.478. The molecule has 2 aliphatic heterocycles. The predicted octanol–water partition coefficient (Wildman–Crippen LogP) is 3.18. The highest BCUT2D eigenvalue weighted by molar-refractivity contribution is 5.90. The number of carbonyl (C=O) groups excluding carboxylic acids is 1. The molecule has 1 saturated heterocycles. The lowest BCUT2D eigenvalue weighted by atomic mass is 9.90. The molecule has 0 radical (unpaired) electrons. The fourth-order valence-corrected chi connectivity index (χ4v) is 4.78. The van der Waals surface area contributed by atoms with E-state index in [0.29, 0.717) is 42.8 Å². The summed E-state index contributed by atoms with van der Waals surface area (Å²) in [6.07, 6.45) is 6.13. The molecule has 0 aliphatic carbocycles. The number of imidazole rings is 1. The van der Waals surface area contributed by atoms with Crippen molar-refractivity contribution in [3.05, 3.63) is 30.4 Å². The molecule has 4 aromatic rings. The fourth-order valence-electron chi connectivity index (χ4n) is 4.78. The van der Waals surface area contributed by atoms with Gasteiger partial charge in [-0.3, -0.25) is 4.57 Å². The van der Waals surface area contributed by atoms with Gasteiger partial charge < -0.3 is 14.8 Å². The lowest BCUT2D eigenvalue weighted by molar-refractivity contribution is 0.0300. The summed E-state index contributed by atoms with van der Waals surface area (Å²) in [4.78, 5) is 33.0. The molecule has 0 bridgehead atoms. The molecule has 0 atom stereocenters. The maximum absolute atomic E-state index is 13.1. The minimum atomic E-state index is -0.612. The average Bonchev–Trinajstić information content (AvgIpc) is 3.48. The zero-order valence-electron chi connectivity index (χ0n) is 20.1. The van der Waals surface area contributed by atoms with Crippen molar-refractivity contribution in [2.45, 2.75) is 51.7 Å². The Labute approximate surface area is 201 Å². The molecule has 0 aromatic carbocycles. The number of carbonyl (C=O) groups is 1. The summed E-state index contributed by atoms with van der Waals surface area (Å²) in [7, 11) is 0. The Morgan fingerprint density at radius 2 is 2.00 bits per heavy atom. The van der Waals surface area contributed by atoms with Crippen LogP contribution in [0.5, 0.6) is 0 Å². The van der Waals surface area contributed by atoms with E-state index in [-0.39, 0.29) is 5.54 Å². The average molecular weight is 478 g/mol. The third kappa shape index (κ3) is 3.64. The quantitative estimate of drug-likeness (QED) is 0.463. The van der Waals surface area contributed by atoms with E-state index in [0.717, 1.165) is 29.7 Å². The van der Waals surface area contributed by atoms with Gasteiger partial charge in [0.15, 0.2) is 11.3 Å². The maximum atomic E-state index is 13.1. The molecule has 0 saturated carbocycles. The molecule has 6 rings (SSSR count). The van der Waals surface area contributed by atoms with Crippen LogP contribution in [0.15, 0.2) is 24.8 Å². The van der Waals surface area contributed by atoms with Crippen LogP contribution in [-0.4, -0.2) is 65.6 Å². The highest BCUT2D eigenvalue weighted by Crippen LogP contribution is 2.43. The molecule has 1 N–H and O–H groups in total. The van der Waals surface area contributed by atoms with E-state index in [4.69, 9.17) is 19.4 Å². The normalized spacial score (nSPS) is 17.3. The van der Waals surface area contributed by atoms with E-state index >= 15 is 0 Å². The second-order valence-corrected chi connectivity index (χ2v) is 10.1. The molecular weight excluding hydrogens is 450 g/mol. The van der Waals surface area contributed by atoms with Gasteiger partial charge in [0.1, 0.15) is 17.4 Å². The van der Waals surface area contributed by atoms with Gasteiger partial charge in [0.2, 0.25) is 11.9 Å². The van der Waals surface area contributed by atoms with Crippen LogP contribution in [0.2, 0.25) is 0 Å². The zero-order chi connectivity index (χ0) is 24.4. The summed E-state index contributed by atoms with van der Waals surface area (Å²) in [6.45, 7) is 9.24. The molecule has 182 valence electrons. The highest BCUT2D eigenvalue weighted by atomic mass is 16.6. The van der Waals surface area contributed by atoms with Crippen LogP contribution in [0.4, 0.5) is 22.4 Å². The van der Waals surface area contributed by atoms with Crippen LogP contribution in [0.25, 0.3) is 16.8 Å². The van der Waals surface area contributed by atoms with E-state index in [2.05, 4.69) is 25.0 Å². The van der Waals surface area contributed by atoms with Crippen LogP contribution in [0.1, 0.15) is 39.2 Å². The Morgan fingerprint density at radius 3 is 2.77 bits per heavy atom. The number of anilines is 3. The van der Waals surface area contributed by atoms with Gasteiger partial charge in [0.05, 0.1) is 30.2 Å². The first-order valence-corrected chi connectivity index (χ1v) is 11.6. The van der Waals surface area contributed by atoms with E-state index < -0.39 is 11.7 Å². The largest absolute Gasteiger partial charge is 0.443 e. The summed E-state index contributed by atoms with van der Waals surface area (Å²) in [5.74, 6) is 0.962. The van der Waals surface area contributed by atoms with Crippen molar-refractivity contribution in [1.82, 2.24) is 34.1 Å². The molecule has 1 fully saturated rings. The first kappa shape index (κ1) is 21.7. The number of aromatic nitrogens is 7. The van der Waals surface area contributed by atoms with Gasteiger partial charge in [-0.1, -0.05) is 0 Å². The Kier molecular flexibility index (Phi) is 4.72. The van der Waals surface area contributed by atoms with Crippen molar-refractivity contribution in [3.8, 4) is 0 Å². The molecule has 1 amide bonds. The Balaban J connectivity index is 1.42. The molecule has 1 spiro atoms. The zero-order valence-corrected chi connectivity index (χ0v) is 20.1. The molecule has 4 aromatic heterocycles. The molecule has 6 heterocycles. The number of nitrogens with one attached hydrogen (secondary N) is 1. The lowest BCUT2D eigenvalue weighted by Gasteiger charge is -2.34. The topological polar surface area (TPSA) is 125 Å². The van der Waals surface area contributed by atoms with Gasteiger partial charge in [-0.25, -0.2) is 29.2 Å². The summed E-state index contributed by atoms with van der Waals surface area (Å²) >= 11 is 0. The van der Waals surface area contributed by atoms with Gasteiger partial charge in [-0.05, 0) is 52.2 Å². The number of amides is 1. The maximum Gasteiger partial charge on any atom is 0.417 e. The van der Waals surface area contributed by atoms with Gasteiger partial charge >= 0.3 is 6.09 Å². The molecule has 2 aliphatic rings. The number of rotatable bonds is 2. The van der Waals surface area contributed by atoms with Crippen molar-refractivity contribution in [2.75, 3.05) is 30.0 Å². The van der Waals surface area contributed by atoms with Crippen molar-refractivity contribution in [1.29, 1.82) is 0 Å². The second-order valence-electron chi connectivity index (χ2n) is 10.1. The van der Waals surface area contributed by atoms with Gasteiger partial charge in [0.25, 0.3) is 0 Å². The Morgan fingerprint density at radius 1 is 1.20 bits per heavy atom. The van der Waals surface area contributed by atoms with Gasteiger partial charge in [0, 0.05) is 13.2 Å². The van der Waals surface area contributed by atoms with Crippen molar-refractivity contribution >= 4 is 40.5 Å². The van der Waals surface area contributed by atoms with Crippen LogP contribution < -0.4 is 10.2 Å². The second kappa shape index (κ2) is 7.60. The number of aryl methyl sites for hydroxylation is 1. The van der Waals surface area contributed by atoms with E-state index in [9.17, 15) is 4.79 Å². The SMILES string of the molecule is Cc1cc2ncnn2cc1Nc1ncc2nc3n(c2n1)C1(CCOCC1)CN3C(=O)OC(C)(C)C. The summed E-state index contributed by atoms with van der Waals surface area (Å²) in [5, 5.41) is 7.51. The molecule has 0 unspecified atom stereocenters. The van der Waals surface area contributed by atoms with E-state index in [1.165, 1.54) is 6.33 Å². The highest BCUT2D eigenvalue weighted by Gasteiger charge is 2.49. The van der Waals surface area contributed by atoms with Crippen LogP contribution in [-0.2, 0) is 15.0 Å². The predicted molar refractivity (Wildman–Crippen MR) is 128 cm³/mol. The minimum Gasteiger partial charge on any atom is -0.443 e. The molecule has 35 heavy (non-hydrogen) atoms. The number of ether oxygens (including phenoxy) is 2. The first-order valence-electron chi connectivity index (χ1n) is 11.6. The summed E-state index contributed by atoms with van der Waals surface area (Å²) in [5.41, 5.74) is 2.89. The monoisotopic (exact) mass is 477 g/mol. The molecular formula is C23H27N9O3. The number of fused-ring (bicyclic) bond motifs is 5. The van der Waals surface area contributed by atoms with Crippen molar-refractivity contribution in [3.63, 3.8) is 0 Å². The molecule has 12 heteroatoms. The third-order valence-electron chi connectivity index (χ3n) is 6.46. The number of pyridine rings is 1. The third-order valence-corrected chi connectivity index (χ3v) is 6.46. The number of hydrogen-bond acceptors (Lipinski definition) is 9. The summed E-state index contributed by atoms with van der Waals surface area (Å²) in [6, 6.07) is 1.94. The Hall–Kier alpha value is -3.80. The first-order chi connectivity index (χ1) is 16.7. The van der Waals surface area contributed by atoms with Crippen molar-refractivity contribution in [2.24, 2.45) is 0 Å². The van der Waals surface area contributed by atoms with Crippen LogP contribution in [0.3, 0.4) is 0 Å². The molecule has 12 nitrogen and oxygen atoms in total. The van der Waals surface area contributed by atoms with Gasteiger partial charge in [-0.2, -0.15) is 10.1 Å². The lowest BCUT2D eigenvalue weighted by Crippen LogP contribution is -2.44. The Bertz CT molecular complexity index is 1450. The van der Waals surface area contributed by atoms with Crippen LogP contribution >= 0.6 is 0 Å². The van der Waals surface area contributed by atoms with E-state index in [1.54, 1.807) is 15.6 Å².